The first kappa shape index (κ1) is 26.2. The third-order valence-corrected chi connectivity index (χ3v) is 5.13. The Hall–Kier alpha value is -3.10. The van der Waals surface area contributed by atoms with Gasteiger partial charge in [0.2, 0.25) is 11.8 Å². The number of hydrogen-bond donors (Lipinski definition) is 4. The van der Waals surface area contributed by atoms with Crippen LogP contribution in [0.1, 0.15) is 63.1 Å². The van der Waals surface area contributed by atoms with Crippen LogP contribution in [0.4, 0.5) is 17.6 Å². The number of carbonyl (C=O) groups is 3. The number of nitrogens with zero attached hydrogens (tertiary/aromatic N) is 1. The molecule has 2 heterocycles. The van der Waals surface area contributed by atoms with Crippen molar-refractivity contribution in [2.24, 2.45) is 5.92 Å². The van der Waals surface area contributed by atoms with Crippen LogP contribution < -0.4 is 16.0 Å². The van der Waals surface area contributed by atoms with Crippen molar-refractivity contribution in [3.05, 3.63) is 23.5 Å². The first-order valence-corrected chi connectivity index (χ1v) is 10.3. The maximum Gasteiger partial charge on any atom is 0.431 e. The first-order valence-electron chi connectivity index (χ1n) is 10.3. The zero-order valence-corrected chi connectivity index (χ0v) is 18.7. The topological polar surface area (TPSA) is 127 Å². The van der Waals surface area contributed by atoms with E-state index in [2.05, 4.69) is 16.0 Å². The second-order valence-electron chi connectivity index (χ2n) is 9.43. The van der Waals surface area contributed by atoms with E-state index in [-0.39, 0.29) is 12.3 Å². The summed E-state index contributed by atoms with van der Waals surface area (Å²) >= 11 is 0. The van der Waals surface area contributed by atoms with E-state index in [0.29, 0.717) is 12.5 Å². The fourth-order valence-corrected chi connectivity index (χ4v) is 3.71. The molecule has 182 valence electrons. The molecular formula is C21H27F4N5O3. The quantitative estimate of drug-likeness (QED) is 0.433. The molecule has 1 aromatic rings. The van der Waals surface area contributed by atoms with E-state index >= 15 is 0 Å². The summed E-state index contributed by atoms with van der Waals surface area (Å²) in [5.41, 5.74) is -3.98. The van der Waals surface area contributed by atoms with Crippen LogP contribution in [-0.2, 0) is 15.8 Å². The van der Waals surface area contributed by atoms with Gasteiger partial charge in [0.1, 0.15) is 29.1 Å². The van der Waals surface area contributed by atoms with E-state index in [9.17, 15) is 37.2 Å². The molecule has 0 spiro atoms. The van der Waals surface area contributed by atoms with Crippen molar-refractivity contribution < 1.29 is 31.9 Å². The number of nitriles is 1. The van der Waals surface area contributed by atoms with Gasteiger partial charge in [0.15, 0.2) is 0 Å². The highest BCUT2D eigenvalue weighted by molar-refractivity contribution is 5.96. The van der Waals surface area contributed by atoms with E-state index in [4.69, 9.17) is 0 Å². The highest BCUT2D eigenvalue weighted by atomic mass is 19.4. The molecule has 3 atom stereocenters. The van der Waals surface area contributed by atoms with Gasteiger partial charge in [0.05, 0.1) is 6.07 Å². The second kappa shape index (κ2) is 9.41. The summed E-state index contributed by atoms with van der Waals surface area (Å²) in [7, 11) is 0. The molecule has 1 aromatic heterocycles. The highest BCUT2D eigenvalue weighted by Gasteiger charge is 2.39. The average Bonchev–Trinajstić information content (AvgIpc) is 3.23. The minimum absolute atomic E-state index is 0.0166. The predicted octanol–water partition coefficient (Wildman–Crippen LogP) is 2.58. The largest absolute Gasteiger partial charge is 0.431 e. The minimum atomic E-state index is -4.70. The maximum absolute atomic E-state index is 14.3. The molecule has 3 unspecified atom stereocenters. The lowest BCUT2D eigenvalue weighted by Crippen LogP contribution is -2.51. The fourth-order valence-electron chi connectivity index (χ4n) is 3.71. The molecule has 1 aliphatic heterocycles. The molecule has 8 nitrogen and oxygen atoms in total. The minimum Gasteiger partial charge on any atom is -0.351 e. The van der Waals surface area contributed by atoms with Crippen molar-refractivity contribution in [3.8, 4) is 6.07 Å². The summed E-state index contributed by atoms with van der Waals surface area (Å²) in [5, 5.41) is 16.8. The molecule has 0 bridgehead atoms. The number of H-pyrrole nitrogens is 1. The zero-order valence-electron chi connectivity index (χ0n) is 18.7. The molecule has 33 heavy (non-hydrogen) atoms. The zero-order chi connectivity index (χ0) is 25.2. The van der Waals surface area contributed by atoms with Crippen molar-refractivity contribution in [1.29, 1.82) is 5.26 Å². The molecule has 1 saturated heterocycles. The standard InChI is InChI=1S/C21H27F4N5O3/c1-19(2,22)9-14(29-17(32)13-5-6-15(28-13)21(23,24)25)18(33)27-12(10-26)7-11-8-20(3,4)30-16(11)31/h5-6,11-12,14,28H,7-9H2,1-4H3,(H,27,33)(H,29,32)(H,30,31). The number of nitrogens with one attached hydrogen (secondary N) is 4. The van der Waals surface area contributed by atoms with Crippen molar-refractivity contribution in [2.75, 3.05) is 0 Å². The van der Waals surface area contributed by atoms with Crippen LogP contribution in [0.5, 0.6) is 0 Å². The van der Waals surface area contributed by atoms with E-state index in [1.54, 1.807) is 0 Å². The lowest BCUT2D eigenvalue weighted by Gasteiger charge is -2.25. The predicted molar refractivity (Wildman–Crippen MR) is 109 cm³/mol. The summed E-state index contributed by atoms with van der Waals surface area (Å²) < 4.78 is 52.6. The van der Waals surface area contributed by atoms with Crippen LogP contribution in [0.15, 0.2) is 12.1 Å². The lowest BCUT2D eigenvalue weighted by molar-refractivity contribution is -0.140. The van der Waals surface area contributed by atoms with Gasteiger partial charge in [-0.3, -0.25) is 14.4 Å². The lowest BCUT2D eigenvalue weighted by atomic mass is 9.91. The molecule has 2 rings (SSSR count). The van der Waals surface area contributed by atoms with Gasteiger partial charge < -0.3 is 20.9 Å². The highest BCUT2D eigenvalue weighted by Crippen LogP contribution is 2.29. The van der Waals surface area contributed by atoms with Gasteiger partial charge in [0, 0.05) is 17.9 Å². The van der Waals surface area contributed by atoms with Gasteiger partial charge in [-0.05, 0) is 52.7 Å². The molecule has 3 amide bonds. The van der Waals surface area contributed by atoms with Crippen LogP contribution >= 0.6 is 0 Å². The number of alkyl halides is 4. The van der Waals surface area contributed by atoms with Crippen molar-refractivity contribution in [3.63, 3.8) is 0 Å². The first-order chi connectivity index (χ1) is 15.0. The van der Waals surface area contributed by atoms with E-state index in [1.807, 2.05) is 24.9 Å². The third kappa shape index (κ3) is 7.47. The molecular weight excluding hydrogens is 446 g/mol. The van der Waals surface area contributed by atoms with Gasteiger partial charge in [0.25, 0.3) is 5.91 Å². The summed E-state index contributed by atoms with van der Waals surface area (Å²) in [6.07, 6.45) is -4.72. The van der Waals surface area contributed by atoms with E-state index < -0.39 is 65.0 Å². The molecule has 0 radical (unpaired) electrons. The van der Waals surface area contributed by atoms with E-state index in [1.165, 1.54) is 13.8 Å². The van der Waals surface area contributed by atoms with Crippen molar-refractivity contribution in [1.82, 2.24) is 20.9 Å². The number of aromatic amines is 1. The summed E-state index contributed by atoms with van der Waals surface area (Å²) in [5.74, 6) is -2.70. The van der Waals surface area contributed by atoms with Crippen LogP contribution in [0.3, 0.4) is 0 Å². The van der Waals surface area contributed by atoms with Crippen molar-refractivity contribution >= 4 is 17.7 Å². The maximum atomic E-state index is 14.3. The van der Waals surface area contributed by atoms with Gasteiger partial charge in [-0.1, -0.05) is 0 Å². The number of hydrogen-bond acceptors (Lipinski definition) is 4. The van der Waals surface area contributed by atoms with E-state index in [0.717, 1.165) is 6.07 Å². The van der Waals surface area contributed by atoms with Gasteiger partial charge in [-0.2, -0.15) is 18.4 Å². The molecule has 0 aliphatic carbocycles. The Balaban J connectivity index is 2.11. The van der Waals surface area contributed by atoms with Crippen molar-refractivity contribution in [2.45, 2.75) is 76.4 Å². The number of aromatic nitrogens is 1. The van der Waals surface area contributed by atoms with Crippen LogP contribution in [0, 0.1) is 17.2 Å². The number of carbonyl (C=O) groups excluding carboxylic acids is 3. The molecule has 0 aromatic carbocycles. The number of amides is 3. The Bertz CT molecular complexity index is 943. The van der Waals surface area contributed by atoms with Gasteiger partial charge in [-0.25, -0.2) is 4.39 Å². The average molecular weight is 473 g/mol. The number of rotatable bonds is 8. The Morgan fingerprint density at radius 3 is 2.33 bits per heavy atom. The third-order valence-electron chi connectivity index (χ3n) is 5.13. The molecule has 0 saturated carbocycles. The monoisotopic (exact) mass is 473 g/mol. The Labute approximate surface area is 188 Å². The van der Waals surface area contributed by atoms with Crippen LogP contribution in [0.2, 0.25) is 0 Å². The van der Waals surface area contributed by atoms with Gasteiger partial charge in [-0.15, -0.1) is 0 Å². The normalized spacial score (nSPS) is 19.8. The Morgan fingerprint density at radius 1 is 1.24 bits per heavy atom. The number of halogens is 4. The SMILES string of the molecule is CC(C)(F)CC(NC(=O)c1ccc(C(F)(F)F)[nH]1)C(=O)NC(C#N)CC1CC(C)(C)NC1=O. The smallest absolute Gasteiger partial charge is 0.351 e. The molecule has 1 aliphatic rings. The summed E-state index contributed by atoms with van der Waals surface area (Å²) in [6, 6.07) is 0.882. The van der Waals surface area contributed by atoms with Crippen LogP contribution in [-0.4, -0.2) is 46.0 Å². The molecule has 1 fully saturated rings. The molecule has 4 N–H and O–H groups in total. The Kier molecular flexibility index (Phi) is 7.46. The van der Waals surface area contributed by atoms with Gasteiger partial charge >= 0.3 is 6.18 Å². The fraction of sp³-hybridized carbons (Fsp3) is 0.619. The van der Waals surface area contributed by atoms with Crippen LogP contribution in [0.25, 0.3) is 0 Å². The second-order valence-corrected chi connectivity index (χ2v) is 9.43. The summed E-state index contributed by atoms with van der Waals surface area (Å²) in [4.78, 5) is 39.2. The summed E-state index contributed by atoms with van der Waals surface area (Å²) in [6.45, 7) is 5.99. The molecule has 12 heteroatoms. The Morgan fingerprint density at radius 2 is 1.88 bits per heavy atom.